The molecule has 19 heavy (non-hydrogen) atoms. The van der Waals surface area contributed by atoms with E-state index in [0.717, 1.165) is 19.6 Å². The number of halogens is 1. The minimum absolute atomic E-state index is 0. The zero-order valence-corrected chi connectivity index (χ0v) is 12.9. The number of carbonyl (C=O) groups is 2. The van der Waals surface area contributed by atoms with E-state index in [4.69, 9.17) is 0 Å². The van der Waals surface area contributed by atoms with Crippen LogP contribution in [0.1, 0.15) is 13.8 Å². The van der Waals surface area contributed by atoms with Crippen LogP contribution in [0.3, 0.4) is 0 Å². The molecule has 1 heterocycles. The lowest BCUT2D eigenvalue weighted by Gasteiger charge is -2.33. The molecule has 2 amide bonds. The van der Waals surface area contributed by atoms with E-state index in [9.17, 15) is 9.59 Å². The normalized spacial score (nSPS) is 21.2. The summed E-state index contributed by atoms with van der Waals surface area (Å²) in [5, 5.41) is 6.01. The van der Waals surface area contributed by atoms with Gasteiger partial charge in [-0.05, 0) is 13.8 Å². The third-order valence-electron chi connectivity index (χ3n) is 3.17. The fraction of sp³-hybridized carbons (Fsp3) is 0.833. The molecule has 1 fully saturated rings. The number of nitrogens with one attached hydrogen (secondary N) is 2. The zero-order valence-electron chi connectivity index (χ0n) is 12.1. The predicted octanol–water partition coefficient (Wildman–Crippen LogP) is -0.705. The molecule has 0 radical (unpaired) electrons. The van der Waals surface area contributed by atoms with Gasteiger partial charge < -0.3 is 15.5 Å². The second kappa shape index (κ2) is 8.35. The van der Waals surface area contributed by atoms with Crippen LogP contribution in [0.2, 0.25) is 0 Å². The predicted molar refractivity (Wildman–Crippen MR) is 77.5 cm³/mol. The first-order chi connectivity index (χ1) is 8.41. The van der Waals surface area contributed by atoms with Crippen molar-refractivity contribution in [3.8, 4) is 0 Å². The van der Waals surface area contributed by atoms with Gasteiger partial charge in [-0.15, -0.1) is 12.4 Å². The smallest absolute Gasteiger partial charge is 0.244 e. The van der Waals surface area contributed by atoms with Crippen LogP contribution in [0, 0.1) is 0 Å². The Labute approximate surface area is 121 Å². The Balaban J connectivity index is 0.00000324. The molecule has 6 nitrogen and oxygen atoms in total. The van der Waals surface area contributed by atoms with Crippen LogP contribution in [0.4, 0.5) is 0 Å². The number of nitrogens with zero attached hydrogens (tertiary/aromatic N) is 2. The molecular formula is C12H25ClN4O2. The van der Waals surface area contributed by atoms with E-state index in [1.807, 2.05) is 0 Å². The maximum atomic E-state index is 11.9. The summed E-state index contributed by atoms with van der Waals surface area (Å²) in [4.78, 5) is 27.1. The standard InChI is InChI=1S/C12H24N4O2.ClH/c1-9-7-13-5-6-16(9)8-11(17)14-10(2)12(18)15(3)4;/h9-10,13H,5-8H2,1-4H3,(H,14,17);1H/t9-,10?;/m0./s1. The highest BCUT2D eigenvalue weighted by Crippen LogP contribution is 2.01. The molecule has 0 aromatic heterocycles. The van der Waals surface area contributed by atoms with E-state index >= 15 is 0 Å². The van der Waals surface area contributed by atoms with Crippen LogP contribution in [-0.4, -0.2) is 74.0 Å². The van der Waals surface area contributed by atoms with Crippen LogP contribution < -0.4 is 10.6 Å². The number of hydrogen-bond acceptors (Lipinski definition) is 4. The fourth-order valence-electron chi connectivity index (χ4n) is 2.04. The summed E-state index contributed by atoms with van der Waals surface area (Å²) in [5.41, 5.74) is 0. The van der Waals surface area contributed by atoms with Crippen molar-refractivity contribution in [3.63, 3.8) is 0 Å². The zero-order chi connectivity index (χ0) is 13.7. The van der Waals surface area contributed by atoms with E-state index in [0.29, 0.717) is 12.6 Å². The Hall–Kier alpha value is -0.850. The van der Waals surface area contributed by atoms with Crippen molar-refractivity contribution in [2.45, 2.75) is 25.9 Å². The first kappa shape index (κ1) is 18.1. The average molecular weight is 293 g/mol. The summed E-state index contributed by atoms with van der Waals surface area (Å²) >= 11 is 0. The Kier molecular flexibility index (Phi) is 7.97. The van der Waals surface area contributed by atoms with Gasteiger partial charge in [-0.3, -0.25) is 14.5 Å². The molecule has 0 bridgehead atoms. The lowest BCUT2D eigenvalue weighted by molar-refractivity contribution is -0.134. The maximum Gasteiger partial charge on any atom is 0.244 e. The molecule has 2 N–H and O–H groups in total. The number of likely N-dealkylation sites (N-methyl/N-ethyl adjacent to an activating group) is 1. The van der Waals surface area contributed by atoms with E-state index < -0.39 is 6.04 Å². The summed E-state index contributed by atoms with van der Waals surface area (Å²) in [7, 11) is 3.37. The second-order valence-corrected chi connectivity index (χ2v) is 5.05. The van der Waals surface area contributed by atoms with Crippen LogP contribution in [0.5, 0.6) is 0 Å². The molecule has 1 rings (SSSR count). The Morgan fingerprint density at radius 1 is 1.47 bits per heavy atom. The molecule has 1 unspecified atom stereocenters. The van der Waals surface area contributed by atoms with Crippen molar-refractivity contribution < 1.29 is 9.59 Å². The Bertz CT molecular complexity index is 312. The van der Waals surface area contributed by atoms with Gasteiger partial charge in [0.05, 0.1) is 6.54 Å². The molecule has 0 saturated carbocycles. The van der Waals surface area contributed by atoms with E-state index in [-0.39, 0.29) is 24.2 Å². The highest BCUT2D eigenvalue weighted by Gasteiger charge is 2.22. The van der Waals surface area contributed by atoms with Crippen LogP contribution >= 0.6 is 12.4 Å². The second-order valence-electron chi connectivity index (χ2n) is 5.05. The summed E-state index contributed by atoms with van der Waals surface area (Å²) in [6.45, 7) is 6.83. The molecule has 0 aromatic carbocycles. The number of amides is 2. The minimum atomic E-state index is -0.467. The van der Waals surface area contributed by atoms with Gasteiger partial charge in [0.1, 0.15) is 6.04 Å². The van der Waals surface area contributed by atoms with Gasteiger partial charge in [0.2, 0.25) is 11.8 Å². The topological polar surface area (TPSA) is 64.7 Å². The van der Waals surface area contributed by atoms with Gasteiger partial charge in [-0.25, -0.2) is 0 Å². The SMILES string of the molecule is CC(NC(=O)CN1CCNC[C@@H]1C)C(=O)N(C)C.Cl. The minimum Gasteiger partial charge on any atom is -0.347 e. The molecule has 1 saturated heterocycles. The van der Waals surface area contributed by atoms with Crippen molar-refractivity contribution in [3.05, 3.63) is 0 Å². The Morgan fingerprint density at radius 2 is 2.11 bits per heavy atom. The van der Waals surface area contributed by atoms with Crippen molar-refractivity contribution in [1.29, 1.82) is 0 Å². The number of rotatable bonds is 4. The van der Waals surface area contributed by atoms with Crippen LogP contribution in [-0.2, 0) is 9.59 Å². The lowest BCUT2D eigenvalue weighted by Crippen LogP contribution is -2.54. The van der Waals surface area contributed by atoms with E-state index in [1.54, 1.807) is 21.0 Å². The van der Waals surface area contributed by atoms with Gasteiger partial charge in [0.15, 0.2) is 0 Å². The summed E-state index contributed by atoms with van der Waals surface area (Å²) in [6, 6.07) is -0.116. The van der Waals surface area contributed by atoms with Gasteiger partial charge in [0.25, 0.3) is 0 Å². The summed E-state index contributed by atoms with van der Waals surface area (Å²) in [5.74, 6) is -0.178. The van der Waals surface area contributed by atoms with Crippen LogP contribution in [0.15, 0.2) is 0 Å². The van der Waals surface area contributed by atoms with Gasteiger partial charge in [-0.1, -0.05) is 0 Å². The number of carbonyl (C=O) groups excluding carboxylic acids is 2. The third kappa shape index (κ3) is 5.76. The summed E-state index contributed by atoms with van der Waals surface area (Å²) in [6.07, 6.45) is 0. The molecular weight excluding hydrogens is 268 g/mol. The first-order valence-corrected chi connectivity index (χ1v) is 6.37. The number of piperazine rings is 1. The van der Waals surface area contributed by atoms with E-state index in [2.05, 4.69) is 22.5 Å². The highest BCUT2D eigenvalue weighted by molar-refractivity contribution is 5.87. The molecule has 1 aliphatic heterocycles. The monoisotopic (exact) mass is 292 g/mol. The first-order valence-electron chi connectivity index (χ1n) is 6.37. The molecule has 0 spiro atoms. The third-order valence-corrected chi connectivity index (χ3v) is 3.17. The largest absolute Gasteiger partial charge is 0.347 e. The highest BCUT2D eigenvalue weighted by atomic mass is 35.5. The molecule has 2 atom stereocenters. The average Bonchev–Trinajstić information content (AvgIpc) is 2.30. The van der Waals surface area contributed by atoms with Crippen molar-refractivity contribution in [2.24, 2.45) is 0 Å². The molecule has 0 aromatic rings. The quantitative estimate of drug-likeness (QED) is 0.719. The van der Waals surface area contributed by atoms with Crippen molar-refractivity contribution in [2.75, 3.05) is 40.3 Å². The fourth-order valence-corrected chi connectivity index (χ4v) is 2.04. The van der Waals surface area contributed by atoms with Gasteiger partial charge in [-0.2, -0.15) is 0 Å². The van der Waals surface area contributed by atoms with Gasteiger partial charge >= 0.3 is 0 Å². The van der Waals surface area contributed by atoms with Crippen molar-refractivity contribution in [1.82, 2.24) is 20.4 Å². The lowest BCUT2D eigenvalue weighted by atomic mass is 10.2. The van der Waals surface area contributed by atoms with Crippen molar-refractivity contribution >= 4 is 24.2 Å². The molecule has 112 valence electrons. The number of hydrogen-bond donors (Lipinski definition) is 2. The van der Waals surface area contributed by atoms with E-state index in [1.165, 1.54) is 4.90 Å². The molecule has 0 aliphatic carbocycles. The van der Waals surface area contributed by atoms with Crippen LogP contribution in [0.25, 0.3) is 0 Å². The molecule has 1 aliphatic rings. The summed E-state index contributed by atoms with van der Waals surface area (Å²) < 4.78 is 0. The maximum absolute atomic E-state index is 11.9. The molecule has 7 heteroatoms. The Morgan fingerprint density at radius 3 is 2.63 bits per heavy atom. The van der Waals surface area contributed by atoms with Gasteiger partial charge in [0, 0.05) is 39.8 Å².